The van der Waals surface area contributed by atoms with Crippen molar-refractivity contribution in [2.24, 2.45) is 0 Å². The average Bonchev–Trinajstić information content (AvgIpc) is 3.39. The first kappa shape index (κ1) is 17.0. The van der Waals surface area contributed by atoms with E-state index in [4.69, 9.17) is 8.83 Å². The molecular formula is C17H16N2O5S. The third-order valence-corrected chi connectivity index (χ3v) is 4.53. The summed E-state index contributed by atoms with van der Waals surface area (Å²) < 4.78 is 10.2. The van der Waals surface area contributed by atoms with Crippen molar-refractivity contribution in [3.63, 3.8) is 0 Å². The molecule has 1 unspecified atom stereocenters. The normalized spacial score (nSPS) is 11.9. The summed E-state index contributed by atoms with van der Waals surface area (Å²) in [5.41, 5.74) is 0. The van der Waals surface area contributed by atoms with E-state index >= 15 is 0 Å². The molecule has 0 spiro atoms. The first-order valence-corrected chi connectivity index (χ1v) is 8.33. The number of hydrogen-bond donors (Lipinski definition) is 3. The molecule has 0 aliphatic heterocycles. The smallest absolute Gasteiger partial charge is 0.309 e. The summed E-state index contributed by atoms with van der Waals surface area (Å²) in [6.07, 6.45) is 2.14. The summed E-state index contributed by atoms with van der Waals surface area (Å²) in [4.78, 5) is 25.0. The Morgan fingerprint density at radius 1 is 1.00 bits per heavy atom. The Kier molecular flexibility index (Phi) is 5.32. The van der Waals surface area contributed by atoms with Gasteiger partial charge in [-0.05, 0) is 36.4 Å². The van der Waals surface area contributed by atoms with Crippen LogP contribution in [0.4, 0.5) is 0 Å². The lowest BCUT2D eigenvalue weighted by molar-refractivity contribution is -0.139. The summed E-state index contributed by atoms with van der Waals surface area (Å²) in [5.74, 6) is -0.442. The monoisotopic (exact) mass is 360 g/mol. The summed E-state index contributed by atoms with van der Waals surface area (Å²) in [7, 11) is 0. The number of aliphatic hydroxyl groups excluding tert-OH is 1. The van der Waals surface area contributed by atoms with Gasteiger partial charge < -0.3 is 24.6 Å². The molecule has 25 heavy (non-hydrogen) atoms. The van der Waals surface area contributed by atoms with Crippen LogP contribution >= 0.6 is 11.3 Å². The number of rotatable bonds is 6. The molecule has 0 aliphatic rings. The highest BCUT2D eigenvalue weighted by atomic mass is 32.1. The molecule has 7 nitrogen and oxygen atoms in total. The van der Waals surface area contributed by atoms with E-state index in [1.807, 2.05) is 0 Å². The molecule has 3 aromatic heterocycles. The number of aliphatic hydroxyl groups is 1. The Bertz CT molecular complexity index is 823. The zero-order valence-corrected chi connectivity index (χ0v) is 13.9. The lowest BCUT2D eigenvalue weighted by atomic mass is 10.2. The van der Waals surface area contributed by atoms with Crippen LogP contribution in [0, 0.1) is 0 Å². The fourth-order valence-electron chi connectivity index (χ4n) is 2.13. The number of carbonyl (C=O) groups is 2. The molecule has 130 valence electrons. The van der Waals surface area contributed by atoms with Crippen LogP contribution in [0.5, 0.6) is 0 Å². The number of furan rings is 2. The lowest BCUT2D eigenvalue weighted by Gasteiger charge is -2.05. The van der Waals surface area contributed by atoms with Crippen molar-refractivity contribution < 1.29 is 23.5 Å². The summed E-state index contributed by atoms with van der Waals surface area (Å²) in [6.45, 7) is 0.348. The van der Waals surface area contributed by atoms with E-state index in [0.29, 0.717) is 16.4 Å². The summed E-state index contributed by atoms with van der Waals surface area (Å²) in [5, 5.41) is 15.2. The predicted octanol–water partition coefficient (Wildman–Crippen LogP) is 1.95. The molecule has 0 saturated carbocycles. The Labute approximate surface area is 147 Å². The van der Waals surface area contributed by atoms with Crippen molar-refractivity contribution in [3.05, 3.63) is 70.2 Å². The van der Waals surface area contributed by atoms with Crippen LogP contribution in [-0.4, -0.2) is 16.9 Å². The van der Waals surface area contributed by atoms with Crippen LogP contribution in [0.25, 0.3) is 0 Å². The second kappa shape index (κ2) is 7.82. The molecule has 3 rings (SSSR count). The van der Waals surface area contributed by atoms with Crippen LogP contribution in [-0.2, 0) is 22.7 Å². The number of hydrogen-bond acceptors (Lipinski definition) is 6. The van der Waals surface area contributed by atoms with Crippen LogP contribution < -0.4 is 10.6 Å². The average molecular weight is 360 g/mol. The van der Waals surface area contributed by atoms with Gasteiger partial charge in [-0.25, -0.2) is 0 Å². The maximum absolute atomic E-state index is 11.8. The van der Waals surface area contributed by atoms with Crippen molar-refractivity contribution in [2.45, 2.75) is 19.2 Å². The standard InChI is InChI=1S/C17H16N2O5S/c20-15(13-4-2-8-24-13)14-6-5-12(25-14)10-19-17(22)16(21)18-9-11-3-1-7-23-11/h1-8,15,20H,9-10H2,(H,18,21)(H,19,22). The van der Waals surface area contributed by atoms with Crippen molar-refractivity contribution in [2.75, 3.05) is 0 Å². The van der Waals surface area contributed by atoms with Crippen LogP contribution in [0.15, 0.2) is 57.8 Å². The van der Waals surface area contributed by atoms with Gasteiger partial charge in [0.2, 0.25) is 0 Å². The van der Waals surface area contributed by atoms with Gasteiger partial charge in [0.15, 0.2) is 0 Å². The SMILES string of the molecule is O=C(NCc1ccco1)C(=O)NCc1ccc(C(O)c2ccco2)s1. The van der Waals surface area contributed by atoms with Gasteiger partial charge in [-0.3, -0.25) is 9.59 Å². The fourth-order valence-corrected chi connectivity index (χ4v) is 3.08. The molecule has 3 aromatic rings. The molecular weight excluding hydrogens is 344 g/mol. The first-order chi connectivity index (χ1) is 12.1. The lowest BCUT2D eigenvalue weighted by Crippen LogP contribution is -2.39. The van der Waals surface area contributed by atoms with Gasteiger partial charge in [0.05, 0.1) is 25.6 Å². The maximum Gasteiger partial charge on any atom is 0.309 e. The summed E-state index contributed by atoms with van der Waals surface area (Å²) in [6, 6.07) is 10.3. The molecule has 0 fully saturated rings. The molecule has 0 aliphatic carbocycles. The quantitative estimate of drug-likeness (QED) is 0.583. The van der Waals surface area contributed by atoms with E-state index in [1.165, 1.54) is 23.9 Å². The van der Waals surface area contributed by atoms with E-state index in [2.05, 4.69) is 10.6 Å². The molecule has 3 N–H and O–H groups in total. The third-order valence-electron chi connectivity index (χ3n) is 3.40. The second-order valence-electron chi connectivity index (χ2n) is 5.17. The van der Waals surface area contributed by atoms with Crippen molar-refractivity contribution in [1.29, 1.82) is 0 Å². The van der Waals surface area contributed by atoms with Gasteiger partial charge in [-0.2, -0.15) is 0 Å². The maximum atomic E-state index is 11.8. The highest BCUT2D eigenvalue weighted by molar-refractivity contribution is 7.12. The van der Waals surface area contributed by atoms with E-state index in [-0.39, 0.29) is 13.1 Å². The highest BCUT2D eigenvalue weighted by Gasteiger charge is 2.17. The van der Waals surface area contributed by atoms with Crippen molar-refractivity contribution in [3.8, 4) is 0 Å². The van der Waals surface area contributed by atoms with E-state index in [1.54, 1.807) is 36.4 Å². The highest BCUT2D eigenvalue weighted by Crippen LogP contribution is 2.28. The minimum atomic E-state index is -0.846. The molecule has 0 radical (unpaired) electrons. The zero-order valence-electron chi connectivity index (χ0n) is 13.1. The Balaban J connectivity index is 1.48. The van der Waals surface area contributed by atoms with Crippen molar-refractivity contribution in [1.82, 2.24) is 10.6 Å². The van der Waals surface area contributed by atoms with Gasteiger partial charge in [-0.1, -0.05) is 0 Å². The topological polar surface area (TPSA) is 105 Å². The van der Waals surface area contributed by atoms with E-state index in [9.17, 15) is 14.7 Å². The summed E-state index contributed by atoms with van der Waals surface area (Å²) >= 11 is 1.33. The fraction of sp³-hybridized carbons (Fsp3) is 0.176. The zero-order chi connectivity index (χ0) is 17.6. The largest absolute Gasteiger partial charge is 0.467 e. The van der Waals surface area contributed by atoms with Gasteiger partial charge in [0.25, 0.3) is 0 Å². The number of thiophene rings is 1. The van der Waals surface area contributed by atoms with E-state index < -0.39 is 17.9 Å². The third kappa shape index (κ3) is 4.37. The van der Waals surface area contributed by atoms with Gasteiger partial charge in [0.1, 0.15) is 17.6 Å². The van der Waals surface area contributed by atoms with Gasteiger partial charge in [-0.15, -0.1) is 11.3 Å². The molecule has 0 aromatic carbocycles. The molecule has 0 saturated heterocycles. The number of nitrogens with one attached hydrogen (secondary N) is 2. The van der Waals surface area contributed by atoms with Gasteiger partial charge in [0, 0.05) is 9.75 Å². The van der Waals surface area contributed by atoms with Crippen LogP contribution in [0.3, 0.4) is 0 Å². The molecule has 0 bridgehead atoms. The second-order valence-corrected chi connectivity index (χ2v) is 6.37. The van der Waals surface area contributed by atoms with Crippen LogP contribution in [0.1, 0.15) is 27.4 Å². The Hall–Kier alpha value is -2.84. The Morgan fingerprint density at radius 2 is 1.72 bits per heavy atom. The molecule has 2 amide bonds. The van der Waals surface area contributed by atoms with Crippen molar-refractivity contribution >= 4 is 23.2 Å². The van der Waals surface area contributed by atoms with Crippen LogP contribution in [0.2, 0.25) is 0 Å². The molecule has 3 heterocycles. The molecule has 1 atom stereocenters. The van der Waals surface area contributed by atoms with Gasteiger partial charge >= 0.3 is 11.8 Å². The molecule has 8 heteroatoms. The predicted molar refractivity (Wildman–Crippen MR) is 89.5 cm³/mol. The minimum absolute atomic E-state index is 0.151. The minimum Gasteiger partial charge on any atom is -0.467 e. The first-order valence-electron chi connectivity index (χ1n) is 7.52. The van der Waals surface area contributed by atoms with E-state index in [0.717, 1.165) is 4.88 Å². The number of amides is 2. The number of carbonyl (C=O) groups excluding carboxylic acids is 2. The Morgan fingerprint density at radius 3 is 2.40 bits per heavy atom.